The summed E-state index contributed by atoms with van der Waals surface area (Å²) in [5.74, 6) is -0.203. The van der Waals surface area contributed by atoms with E-state index in [-0.39, 0.29) is 31.3 Å². The number of thiazole rings is 1. The maximum atomic E-state index is 12.9. The summed E-state index contributed by atoms with van der Waals surface area (Å²) in [5, 5.41) is 4.95. The van der Waals surface area contributed by atoms with Gasteiger partial charge in [-0.05, 0) is 42.0 Å². The number of hydrogen-bond donors (Lipinski definition) is 1. The van der Waals surface area contributed by atoms with E-state index in [0.717, 1.165) is 12.1 Å². The van der Waals surface area contributed by atoms with Crippen LogP contribution in [0, 0.1) is 5.82 Å². The van der Waals surface area contributed by atoms with Crippen LogP contribution in [0.25, 0.3) is 0 Å². The lowest BCUT2D eigenvalue weighted by atomic mass is 10.1. The largest absolute Gasteiger partial charge is 0.486 e. The number of alkyl halides is 3. The number of ether oxygens (including phenoxy) is 1. The highest BCUT2D eigenvalue weighted by atomic mass is 32.1. The Balaban J connectivity index is 1.48. The molecule has 0 unspecified atom stereocenters. The molecule has 0 spiro atoms. The molecule has 0 aliphatic rings. The molecule has 0 fully saturated rings. The number of carbonyl (C=O) groups excluding carboxylic acids is 1. The van der Waals surface area contributed by atoms with E-state index in [1.165, 1.54) is 47.7 Å². The number of nitrogens with one attached hydrogen (secondary N) is 1. The smallest absolute Gasteiger partial charge is 0.416 e. The van der Waals surface area contributed by atoms with Crippen LogP contribution in [-0.2, 0) is 30.5 Å². The summed E-state index contributed by atoms with van der Waals surface area (Å²) < 4.78 is 56.5. The molecule has 152 valence electrons. The van der Waals surface area contributed by atoms with Crippen LogP contribution in [0.3, 0.4) is 0 Å². The highest BCUT2D eigenvalue weighted by Crippen LogP contribution is 2.29. The Kier molecular flexibility index (Phi) is 6.48. The number of benzene rings is 2. The normalized spacial score (nSPS) is 11.3. The van der Waals surface area contributed by atoms with Crippen molar-refractivity contribution in [3.8, 4) is 5.75 Å². The lowest BCUT2D eigenvalue weighted by Crippen LogP contribution is -2.24. The third-order valence-electron chi connectivity index (χ3n) is 3.86. The fourth-order valence-electron chi connectivity index (χ4n) is 2.46. The minimum absolute atomic E-state index is 0.00596. The molecular formula is C20H16F4N2O2S. The van der Waals surface area contributed by atoms with Crippen LogP contribution < -0.4 is 10.1 Å². The van der Waals surface area contributed by atoms with E-state index >= 15 is 0 Å². The molecule has 0 aliphatic carbocycles. The summed E-state index contributed by atoms with van der Waals surface area (Å²) >= 11 is 1.32. The molecule has 3 rings (SSSR count). The van der Waals surface area contributed by atoms with Gasteiger partial charge in [-0.2, -0.15) is 13.2 Å². The Morgan fingerprint density at radius 1 is 1.14 bits per heavy atom. The molecule has 1 amide bonds. The Morgan fingerprint density at radius 2 is 1.90 bits per heavy atom. The minimum atomic E-state index is -4.42. The molecule has 29 heavy (non-hydrogen) atoms. The molecule has 0 atom stereocenters. The summed E-state index contributed by atoms with van der Waals surface area (Å²) in [4.78, 5) is 16.3. The standard InChI is InChI=1S/C20H16F4N2O2S/c21-15-4-6-17(7-5-15)28-11-19-26-16(12-29-19)9-18(27)25-10-13-2-1-3-14(8-13)20(22,23)24/h1-8,12H,9-11H2,(H,25,27). The first-order chi connectivity index (χ1) is 13.8. The van der Waals surface area contributed by atoms with Gasteiger partial charge < -0.3 is 10.1 Å². The van der Waals surface area contributed by atoms with Gasteiger partial charge in [0, 0.05) is 11.9 Å². The highest BCUT2D eigenvalue weighted by Gasteiger charge is 2.30. The lowest BCUT2D eigenvalue weighted by molar-refractivity contribution is -0.137. The monoisotopic (exact) mass is 424 g/mol. The third kappa shape index (κ3) is 6.28. The topological polar surface area (TPSA) is 51.2 Å². The van der Waals surface area contributed by atoms with E-state index < -0.39 is 11.7 Å². The zero-order chi connectivity index (χ0) is 20.9. The molecule has 0 radical (unpaired) electrons. The summed E-state index contributed by atoms with van der Waals surface area (Å²) in [5.41, 5.74) is 0.142. The van der Waals surface area contributed by atoms with Gasteiger partial charge in [0.15, 0.2) is 0 Å². The molecule has 0 saturated heterocycles. The van der Waals surface area contributed by atoms with Crippen LogP contribution in [0.2, 0.25) is 0 Å². The Bertz CT molecular complexity index is 971. The van der Waals surface area contributed by atoms with Gasteiger partial charge in [0.2, 0.25) is 5.91 Å². The number of carbonyl (C=O) groups is 1. The molecule has 9 heteroatoms. The first kappa shape index (κ1) is 20.8. The fraction of sp³-hybridized carbons (Fsp3) is 0.200. The highest BCUT2D eigenvalue weighted by molar-refractivity contribution is 7.09. The first-order valence-electron chi connectivity index (χ1n) is 8.54. The molecule has 3 aromatic rings. The maximum Gasteiger partial charge on any atom is 0.416 e. The second kappa shape index (κ2) is 9.04. The Hall–Kier alpha value is -2.94. The number of aromatic nitrogens is 1. The van der Waals surface area contributed by atoms with Crippen molar-refractivity contribution in [3.63, 3.8) is 0 Å². The van der Waals surface area contributed by atoms with Gasteiger partial charge in [-0.1, -0.05) is 12.1 Å². The van der Waals surface area contributed by atoms with E-state index in [9.17, 15) is 22.4 Å². The minimum Gasteiger partial charge on any atom is -0.486 e. The van der Waals surface area contributed by atoms with Gasteiger partial charge in [0.1, 0.15) is 23.2 Å². The van der Waals surface area contributed by atoms with Crippen molar-refractivity contribution in [2.45, 2.75) is 25.7 Å². The predicted octanol–water partition coefficient (Wildman–Crippen LogP) is 4.74. The van der Waals surface area contributed by atoms with Crippen molar-refractivity contribution in [3.05, 3.63) is 81.6 Å². The van der Waals surface area contributed by atoms with Crippen LogP contribution in [0.5, 0.6) is 5.75 Å². The molecule has 0 saturated carbocycles. The second-order valence-electron chi connectivity index (χ2n) is 6.13. The number of nitrogens with zero attached hydrogens (tertiary/aromatic N) is 1. The van der Waals surface area contributed by atoms with Gasteiger partial charge in [-0.15, -0.1) is 11.3 Å². The third-order valence-corrected chi connectivity index (χ3v) is 4.73. The SMILES string of the molecule is O=C(Cc1csc(COc2ccc(F)cc2)n1)NCc1cccc(C(F)(F)F)c1. The van der Waals surface area contributed by atoms with Crippen molar-refractivity contribution >= 4 is 17.2 Å². The molecule has 2 aromatic carbocycles. The molecule has 1 N–H and O–H groups in total. The fourth-order valence-corrected chi connectivity index (χ4v) is 3.16. The van der Waals surface area contributed by atoms with Gasteiger partial charge in [-0.25, -0.2) is 9.37 Å². The van der Waals surface area contributed by atoms with E-state index in [0.29, 0.717) is 22.0 Å². The Labute approximate surface area is 168 Å². The molecule has 4 nitrogen and oxygen atoms in total. The van der Waals surface area contributed by atoms with Gasteiger partial charge in [0.05, 0.1) is 17.7 Å². The average molecular weight is 424 g/mol. The van der Waals surface area contributed by atoms with Crippen molar-refractivity contribution < 1.29 is 27.1 Å². The maximum absolute atomic E-state index is 12.9. The van der Waals surface area contributed by atoms with Gasteiger partial charge in [0.25, 0.3) is 0 Å². The second-order valence-corrected chi connectivity index (χ2v) is 7.07. The lowest BCUT2D eigenvalue weighted by Gasteiger charge is -2.09. The number of hydrogen-bond acceptors (Lipinski definition) is 4. The van der Waals surface area contributed by atoms with Crippen molar-refractivity contribution in [1.82, 2.24) is 10.3 Å². The van der Waals surface area contributed by atoms with Crippen molar-refractivity contribution in [1.29, 1.82) is 0 Å². The number of halogens is 4. The summed E-state index contributed by atoms with van der Waals surface area (Å²) in [6.07, 6.45) is -4.42. The zero-order valence-corrected chi connectivity index (χ0v) is 15.8. The van der Waals surface area contributed by atoms with Gasteiger partial charge >= 0.3 is 6.18 Å². The van der Waals surface area contributed by atoms with Crippen LogP contribution in [-0.4, -0.2) is 10.9 Å². The number of rotatable bonds is 7. The molecule has 0 bridgehead atoms. The molecular weight excluding hydrogens is 408 g/mol. The van der Waals surface area contributed by atoms with E-state index in [1.54, 1.807) is 5.38 Å². The summed E-state index contributed by atoms with van der Waals surface area (Å²) in [6, 6.07) is 10.4. The molecule has 0 aliphatic heterocycles. The molecule has 1 aromatic heterocycles. The zero-order valence-electron chi connectivity index (χ0n) is 15.0. The summed E-state index contributed by atoms with van der Waals surface area (Å²) in [6.45, 7) is 0.176. The van der Waals surface area contributed by atoms with Crippen molar-refractivity contribution in [2.75, 3.05) is 0 Å². The predicted molar refractivity (Wildman–Crippen MR) is 99.8 cm³/mol. The number of amides is 1. The van der Waals surface area contributed by atoms with E-state index in [4.69, 9.17) is 4.74 Å². The first-order valence-corrected chi connectivity index (χ1v) is 9.42. The van der Waals surface area contributed by atoms with Gasteiger partial charge in [-0.3, -0.25) is 4.79 Å². The van der Waals surface area contributed by atoms with Crippen LogP contribution >= 0.6 is 11.3 Å². The van der Waals surface area contributed by atoms with Crippen LogP contribution in [0.15, 0.2) is 53.9 Å². The average Bonchev–Trinajstić information content (AvgIpc) is 3.13. The van der Waals surface area contributed by atoms with E-state index in [1.807, 2.05) is 0 Å². The quantitative estimate of drug-likeness (QED) is 0.558. The molecule has 1 heterocycles. The van der Waals surface area contributed by atoms with Crippen molar-refractivity contribution in [2.24, 2.45) is 0 Å². The summed E-state index contributed by atoms with van der Waals surface area (Å²) in [7, 11) is 0. The van der Waals surface area contributed by atoms with E-state index in [2.05, 4.69) is 10.3 Å². The van der Waals surface area contributed by atoms with Crippen LogP contribution in [0.4, 0.5) is 17.6 Å². The van der Waals surface area contributed by atoms with Crippen LogP contribution in [0.1, 0.15) is 21.8 Å². The Morgan fingerprint density at radius 3 is 2.62 bits per heavy atom.